The fourth-order valence-corrected chi connectivity index (χ4v) is 7.77. The number of amides is 2. The summed E-state index contributed by atoms with van der Waals surface area (Å²) in [7, 11) is 0. The molecule has 5 rings (SSSR count). The van der Waals surface area contributed by atoms with Crippen LogP contribution in [0.5, 0.6) is 0 Å². The largest absolute Gasteiger partial charge is 0.394 e. The molecule has 0 saturated carbocycles. The molecule has 0 spiro atoms. The van der Waals surface area contributed by atoms with Gasteiger partial charge in [-0.15, -0.1) is 0 Å². The van der Waals surface area contributed by atoms with Crippen LogP contribution in [0.2, 0.25) is 0 Å². The minimum absolute atomic E-state index is 0.652. The lowest BCUT2D eigenvalue weighted by atomic mass is 9.94. The SMILES string of the molecule is CC(=O)N[C@@H]1O[C@@H](CO)[C@@H](O[C@@H]2OC(CO)[C@H](O)C(O[C@@H]3OC(CO)[C@@H](O[C@@H]4O[C@@H](CO)[C@H](O)C(O[C@H]5O[C@@H](CO)[C@H](O)C(O)C5O)C4O)C(O)[C@@H]3NC(C)=O)[C@@H]2O)C(O)C1O. The van der Waals surface area contributed by atoms with Gasteiger partial charge >= 0.3 is 0 Å². The van der Waals surface area contributed by atoms with E-state index < -0.39 is 198 Å². The van der Waals surface area contributed by atoms with Gasteiger partial charge in [0.15, 0.2) is 31.4 Å². The van der Waals surface area contributed by atoms with Crippen LogP contribution < -0.4 is 10.6 Å². The number of rotatable bonds is 15. The second-order valence-electron chi connectivity index (χ2n) is 15.4. The van der Waals surface area contributed by atoms with Crippen LogP contribution in [-0.4, -0.2) is 275 Å². The summed E-state index contributed by atoms with van der Waals surface area (Å²) in [4.78, 5) is 24.0. The van der Waals surface area contributed by atoms with Gasteiger partial charge < -0.3 is 130 Å². The van der Waals surface area contributed by atoms with E-state index in [9.17, 15) is 86.2 Å². The monoisotopic (exact) mass is 910 g/mol. The number of ether oxygens (including phenoxy) is 9. The Labute approximate surface area is 351 Å². The minimum Gasteiger partial charge on any atom is -0.394 e. The lowest BCUT2D eigenvalue weighted by Crippen LogP contribution is -2.70. The molecule has 0 aliphatic carbocycles. The summed E-state index contributed by atoms with van der Waals surface area (Å²) in [6.07, 6.45) is -43.8. The van der Waals surface area contributed by atoms with Gasteiger partial charge in [0.2, 0.25) is 11.8 Å². The van der Waals surface area contributed by atoms with E-state index in [1.807, 2.05) is 0 Å². The Morgan fingerprint density at radius 3 is 1.21 bits per heavy atom. The number of aliphatic hydroxyl groups excluding tert-OH is 15. The maximum absolute atomic E-state index is 12.4. The summed E-state index contributed by atoms with van der Waals surface area (Å²) in [5.74, 6) is -1.47. The predicted octanol–water partition coefficient (Wildman–Crippen LogP) is -11.6. The Morgan fingerprint density at radius 2 is 0.758 bits per heavy atom. The highest BCUT2D eigenvalue weighted by Crippen LogP contribution is 2.35. The molecule has 5 aliphatic heterocycles. The topological polar surface area (TPSA) is 445 Å². The Morgan fingerprint density at radius 1 is 0.387 bits per heavy atom. The summed E-state index contributed by atoms with van der Waals surface area (Å²) in [6, 6.07) is -1.73. The molecule has 360 valence electrons. The van der Waals surface area contributed by atoms with Crippen LogP contribution in [0.4, 0.5) is 0 Å². The van der Waals surface area contributed by atoms with Crippen LogP contribution >= 0.6 is 0 Å². The van der Waals surface area contributed by atoms with Crippen molar-refractivity contribution in [1.82, 2.24) is 10.6 Å². The van der Waals surface area contributed by atoms with Crippen molar-refractivity contribution in [3.63, 3.8) is 0 Å². The number of carbonyl (C=O) groups is 2. The van der Waals surface area contributed by atoms with Crippen molar-refractivity contribution < 1.29 is 129 Å². The molecule has 0 radical (unpaired) electrons. The van der Waals surface area contributed by atoms with Gasteiger partial charge in [0.25, 0.3) is 0 Å². The quantitative estimate of drug-likeness (QED) is 0.0725. The van der Waals surface area contributed by atoms with Crippen molar-refractivity contribution in [2.75, 3.05) is 33.0 Å². The summed E-state index contributed by atoms with van der Waals surface area (Å²) in [5.41, 5.74) is 0. The van der Waals surface area contributed by atoms with Gasteiger partial charge in [-0.2, -0.15) is 0 Å². The van der Waals surface area contributed by atoms with E-state index in [0.29, 0.717) is 0 Å². The number of nitrogens with one attached hydrogen (secondary N) is 2. The van der Waals surface area contributed by atoms with E-state index >= 15 is 0 Å². The van der Waals surface area contributed by atoms with Crippen LogP contribution in [0, 0.1) is 0 Å². The third-order valence-corrected chi connectivity index (χ3v) is 11.1. The molecule has 28 nitrogen and oxygen atoms in total. The third kappa shape index (κ3) is 10.8. The molecule has 2 amide bonds. The first-order chi connectivity index (χ1) is 29.3. The molecule has 0 aromatic rings. The second kappa shape index (κ2) is 22.0. The van der Waals surface area contributed by atoms with Crippen molar-refractivity contribution in [3.8, 4) is 0 Å². The molecule has 5 aliphatic rings. The molecule has 5 fully saturated rings. The Balaban J connectivity index is 1.35. The zero-order chi connectivity index (χ0) is 45.9. The molecular weight excluding hydrogens is 852 g/mol. The first kappa shape index (κ1) is 51.0. The first-order valence-corrected chi connectivity index (χ1v) is 19.6. The zero-order valence-corrected chi connectivity index (χ0v) is 33.2. The summed E-state index contributed by atoms with van der Waals surface area (Å²) in [5, 5.41) is 163. The van der Waals surface area contributed by atoms with Crippen LogP contribution in [-0.2, 0) is 52.2 Å². The fraction of sp³-hybridized carbons (Fsp3) is 0.941. The predicted molar refractivity (Wildman–Crippen MR) is 190 cm³/mol. The van der Waals surface area contributed by atoms with E-state index in [1.54, 1.807) is 0 Å². The van der Waals surface area contributed by atoms with Gasteiger partial charge in [0.05, 0.1) is 33.0 Å². The second-order valence-corrected chi connectivity index (χ2v) is 15.4. The van der Waals surface area contributed by atoms with E-state index in [1.165, 1.54) is 0 Å². The number of hydrogen-bond donors (Lipinski definition) is 17. The van der Waals surface area contributed by atoms with Gasteiger partial charge in [-0.3, -0.25) is 9.59 Å². The molecular formula is C34H58N2O26. The molecule has 5 heterocycles. The highest BCUT2D eigenvalue weighted by atomic mass is 16.8. The maximum atomic E-state index is 12.4. The number of aliphatic hydroxyl groups is 15. The van der Waals surface area contributed by atoms with E-state index in [-0.39, 0.29) is 0 Å². The normalized spacial score (nSPS) is 49.0. The van der Waals surface area contributed by atoms with E-state index in [4.69, 9.17) is 42.6 Å². The molecule has 17 N–H and O–H groups in total. The van der Waals surface area contributed by atoms with Crippen molar-refractivity contribution >= 4 is 11.8 Å². The number of hydrogen-bond acceptors (Lipinski definition) is 26. The maximum Gasteiger partial charge on any atom is 0.218 e. The van der Waals surface area contributed by atoms with Gasteiger partial charge in [-0.1, -0.05) is 0 Å². The van der Waals surface area contributed by atoms with Crippen LogP contribution in [0.15, 0.2) is 0 Å². The van der Waals surface area contributed by atoms with Gasteiger partial charge in [0, 0.05) is 13.8 Å². The molecule has 0 aromatic heterocycles. The van der Waals surface area contributed by atoms with Crippen LogP contribution in [0.1, 0.15) is 13.8 Å². The molecule has 0 aromatic carbocycles. The highest BCUT2D eigenvalue weighted by Gasteiger charge is 2.57. The lowest BCUT2D eigenvalue weighted by molar-refractivity contribution is -0.385. The van der Waals surface area contributed by atoms with Gasteiger partial charge in [0.1, 0.15) is 122 Å². The van der Waals surface area contributed by atoms with Gasteiger partial charge in [-0.25, -0.2) is 0 Å². The fourth-order valence-electron chi connectivity index (χ4n) is 7.77. The average Bonchev–Trinajstić information content (AvgIpc) is 3.23. The standard InChI is InChI=1S/C34H58N2O26/c1-8(42)35-15-19(47)26(59-33-25(53)29(18(46)12(5-39)56-33)62-32-23(51)20(48)16(44)10(3-37)55-32)14(7-41)58-31(15)61-28-17(45)11(4-38)57-34(24(28)52)60-27-13(6-40)54-30(36-9(2)43)22(50)21(27)49/h10-34,37-41,44-53H,3-7H2,1-2H3,(H,35,42)(H,36,43)/t10-,11?,12-,13-,14?,15-,16-,17-,18-,19?,20?,21?,22?,23?,24-,25?,26+,27+,28?,29?,30+,31-,32+,33-,34-/m0/s1. The number of carbonyl (C=O) groups excluding carboxylic acids is 2. The average molecular weight is 911 g/mol. The lowest BCUT2D eigenvalue weighted by Gasteiger charge is -2.50. The first-order valence-electron chi connectivity index (χ1n) is 19.6. The zero-order valence-electron chi connectivity index (χ0n) is 33.2. The van der Waals surface area contributed by atoms with Crippen LogP contribution in [0.25, 0.3) is 0 Å². The van der Waals surface area contributed by atoms with E-state index in [2.05, 4.69) is 10.6 Å². The molecule has 62 heavy (non-hydrogen) atoms. The summed E-state index contributed by atoms with van der Waals surface area (Å²) < 4.78 is 50.7. The van der Waals surface area contributed by atoms with Gasteiger partial charge in [-0.05, 0) is 0 Å². The van der Waals surface area contributed by atoms with Crippen LogP contribution in [0.3, 0.4) is 0 Å². The van der Waals surface area contributed by atoms with Crippen molar-refractivity contribution in [2.45, 2.75) is 167 Å². The molecule has 0 bridgehead atoms. The molecule has 25 atom stereocenters. The Kier molecular flexibility index (Phi) is 18.1. The minimum atomic E-state index is -2.10. The van der Waals surface area contributed by atoms with Crippen molar-refractivity contribution in [1.29, 1.82) is 0 Å². The molecule has 28 heteroatoms. The molecule has 10 unspecified atom stereocenters. The van der Waals surface area contributed by atoms with Crippen molar-refractivity contribution in [2.24, 2.45) is 0 Å². The summed E-state index contributed by atoms with van der Waals surface area (Å²) in [6.45, 7) is -2.48. The molecule has 5 saturated heterocycles. The summed E-state index contributed by atoms with van der Waals surface area (Å²) >= 11 is 0. The third-order valence-electron chi connectivity index (χ3n) is 11.1. The van der Waals surface area contributed by atoms with E-state index in [0.717, 1.165) is 13.8 Å². The van der Waals surface area contributed by atoms with Crippen molar-refractivity contribution in [3.05, 3.63) is 0 Å². The highest BCUT2D eigenvalue weighted by molar-refractivity contribution is 5.73. The Bertz CT molecular complexity index is 1440. The smallest absolute Gasteiger partial charge is 0.218 e. The Hall–Kier alpha value is -2.02.